The molecule has 0 bridgehead atoms. The second-order valence-corrected chi connectivity index (χ2v) is 5.93. The second kappa shape index (κ2) is 7.25. The van der Waals surface area contributed by atoms with Crippen molar-refractivity contribution in [3.63, 3.8) is 0 Å². The standard InChI is InChI=1S/C16H16BrClFNO/c1-20-16(7-10-3-4-11(19)8-15(10)18)13-9-12(21-2)5-6-14(13)17/h3-6,8-9,16,20H,7H2,1-2H3. The lowest BCUT2D eigenvalue weighted by Gasteiger charge is -2.20. The minimum absolute atomic E-state index is 0.0393. The van der Waals surface area contributed by atoms with Crippen LogP contribution in [-0.2, 0) is 6.42 Å². The predicted octanol–water partition coefficient (Wildman–Crippen LogP) is 4.75. The number of hydrogen-bond acceptors (Lipinski definition) is 2. The molecule has 0 saturated carbocycles. The summed E-state index contributed by atoms with van der Waals surface area (Å²) in [5, 5.41) is 3.70. The number of hydrogen-bond donors (Lipinski definition) is 1. The number of methoxy groups -OCH3 is 1. The van der Waals surface area contributed by atoms with E-state index in [2.05, 4.69) is 21.2 Å². The summed E-state index contributed by atoms with van der Waals surface area (Å²) in [5.74, 6) is 0.464. The third kappa shape index (κ3) is 3.96. The van der Waals surface area contributed by atoms with E-state index >= 15 is 0 Å². The Morgan fingerprint density at radius 2 is 2.05 bits per heavy atom. The molecule has 2 rings (SSSR count). The molecule has 0 saturated heterocycles. The van der Waals surface area contributed by atoms with Crippen LogP contribution in [0.5, 0.6) is 5.75 Å². The predicted molar refractivity (Wildman–Crippen MR) is 87.6 cm³/mol. The van der Waals surface area contributed by atoms with Crippen LogP contribution in [0.1, 0.15) is 17.2 Å². The van der Waals surface area contributed by atoms with Crippen molar-refractivity contribution in [1.82, 2.24) is 5.32 Å². The van der Waals surface area contributed by atoms with Crippen LogP contribution in [0, 0.1) is 5.82 Å². The zero-order chi connectivity index (χ0) is 15.4. The van der Waals surface area contributed by atoms with E-state index in [0.717, 1.165) is 21.3 Å². The van der Waals surface area contributed by atoms with Crippen LogP contribution in [0.25, 0.3) is 0 Å². The first-order chi connectivity index (χ1) is 10.0. The van der Waals surface area contributed by atoms with Crippen molar-refractivity contribution in [2.75, 3.05) is 14.2 Å². The zero-order valence-electron chi connectivity index (χ0n) is 11.8. The molecule has 2 nitrogen and oxygen atoms in total. The maximum atomic E-state index is 13.1. The second-order valence-electron chi connectivity index (χ2n) is 4.67. The summed E-state index contributed by atoms with van der Waals surface area (Å²) in [6.07, 6.45) is 0.654. The van der Waals surface area contributed by atoms with E-state index in [-0.39, 0.29) is 11.9 Å². The molecule has 21 heavy (non-hydrogen) atoms. The fourth-order valence-electron chi connectivity index (χ4n) is 2.19. The summed E-state index contributed by atoms with van der Waals surface area (Å²) in [5.41, 5.74) is 1.96. The minimum Gasteiger partial charge on any atom is -0.497 e. The van der Waals surface area contributed by atoms with Gasteiger partial charge in [0.25, 0.3) is 0 Å². The summed E-state index contributed by atoms with van der Waals surface area (Å²) in [6.45, 7) is 0. The van der Waals surface area contributed by atoms with Crippen LogP contribution in [0.4, 0.5) is 4.39 Å². The Kier molecular flexibility index (Phi) is 5.62. The normalized spacial score (nSPS) is 12.2. The lowest BCUT2D eigenvalue weighted by atomic mass is 9.98. The lowest BCUT2D eigenvalue weighted by molar-refractivity contribution is 0.413. The molecule has 1 unspecified atom stereocenters. The first-order valence-corrected chi connectivity index (χ1v) is 7.67. The highest BCUT2D eigenvalue weighted by atomic mass is 79.9. The maximum Gasteiger partial charge on any atom is 0.124 e. The van der Waals surface area contributed by atoms with Gasteiger partial charge in [-0.25, -0.2) is 4.39 Å². The van der Waals surface area contributed by atoms with Crippen molar-refractivity contribution < 1.29 is 9.13 Å². The number of rotatable bonds is 5. The van der Waals surface area contributed by atoms with Crippen molar-refractivity contribution in [3.05, 3.63) is 62.8 Å². The Morgan fingerprint density at radius 1 is 1.29 bits per heavy atom. The molecule has 1 N–H and O–H groups in total. The van der Waals surface area contributed by atoms with E-state index in [4.69, 9.17) is 16.3 Å². The number of likely N-dealkylation sites (N-methyl/N-ethyl adjacent to an activating group) is 1. The highest BCUT2D eigenvalue weighted by Gasteiger charge is 2.16. The fraction of sp³-hybridized carbons (Fsp3) is 0.250. The molecule has 5 heteroatoms. The number of nitrogens with one attached hydrogen (secondary N) is 1. The fourth-order valence-corrected chi connectivity index (χ4v) is 2.96. The van der Waals surface area contributed by atoms with Crippen molar-refractivity contribution in [2.24, 2.45) is 0 Å². The Bertz CT molecular complexity index is 636. The van der Waals surface area contributed by atoms with Gasteiger partial charge in [0.2, 0.25) is 0 Å². The quantitative estimate of drug-likeness (QED) is 0.817. The molecule has 1 atom stereocenters. The van der Waals surface area contributed by atoms with Gasteiger partial charge in [-0.2, -0.15) is 0 Å². The molecule has 0 radical (unpaired) electrons. The lowest BCUT2D eigenvalue weighted by Crippen LogP contribution is -2.19. The molecule has 0 aliphatic carbocycles. The monoisotopic (exact) mass is 371 g/mol. The van der Waals surface area contributed by atoms with Gasteiger partial charge in [0.05, 0.1) is 7.11 Å². The van der Waals surface area contributed by atoms with Crippen LogP contribution in [0.15, 0.2) is 40.9 Å². The molecule has 2 aromatic rings. The van der Waals surface area contributed by atoms with E-state index in [1.54, 1.807) is 13.2 Å². The van der Waals surface area contributed by atoms with Gasteiger partial charge >= 0.3 is 0 Å². The minimum atomic E-state index is -0.327. The average Bonchev–Trinajstić information content (AvgIpc) is 2.47. The van der Waals surface area contributed by atoms with Gasteiger partial charge in [0, 0.05) is 15.5 Å². The molecule has 0 aliphatic rings. The van der Waals surface area contributed by atoms with Gasteiger partial charge < -0.3 is 10.1 Å². The summed E-state index contributed by atoms with van der Waals surface area (Å²) in [7, 11) is 3.52. The first-order valence-electron chi connectivity index (χ1n) is 6.49. The molecule has 0 aromatic heterocycles. The number of ether oxygens (including phenoxy) is 1. The third-order valence-corrected chi connectivity index (χ3v) is 4.44. The molecular weight excluding hydrogens is 357 g/mol. The van der Waals surface area contributed by atoms with Crippen LogP contribution >= 0.6 is 27.5 Å². The summed E-state index contributed by atoms with van der Waals surface area (Å²) in [4.78, 5) is 0. The van der Waals surface area contributed by atoms with Crippen LogP contribution < -0.4 is 10.1 Å². The summed E-state index contributed by atoms with van der Waals surface area (Å²) < 4.78 is 19.4. The van der Waals surface area contributed by atoms with Gasteiger partial charge in [-0.15, -0.1) is 0 Å². The third-order valence-electron chi connectivity index (χ3n) is 3.37. The zero-order valence-corrected chi connectivity index (χ0v) is 14.1. The van der Waals surface area contributed by atoms with Crippen molar-refractivity contribution in [3.8, 4) is 5.75 Å². The van der Waals surface area contributed by atoms with E-state index in [9.17, 15) is 4.39 Å². The summed E-state index contributed by atoms with van der Waals surface area (Å²) >= 11 is 9.67. The number of halogens is 3. The molecule has 0 heterocycles. The molecule has 0 aliphatic heterocycles. The van der Waals surface area contributed by atoms with Crippen molar-refractivity contribution in [2.45, 2.75) is 12.5 Å². The van der Waals surface area contributed by atoms with Crippen LogP contribution in [-0.4, -0.2) is 14.2 Å². The van der Waals surface area contributed by atoms with Crippen molar-refractivity contribution in [1.29, 1.82) is 0 Å². The van der Waals surface area contributed by atoms with Gasteiger partial charge in [0.15, 0.2) is 0 Å². The largest absolute Gasteiger partial charge is 0.497 e. The SMILES string of the molecule is CNC(Cc1ccc(F)cc1Cl)c1cc(OC)ccc1Br. The van der Waals surface area contributed by atoms with Crippen molar-refractivity contribution >= 4 is 27.5 Å². The van der Waals surface area contributed by atoms with E-state index in [1.807, 2.05) is 25.2 Å². The van der Waals surface area contributed by atoms with E-state index in [0.29, 0.717) is 11.4 Å². The van der Waals surface area contributed by atoms with Gasteiger partial charge in [-0.3, -0.25) is 0 Å². The van der Waals surface area contributed by atoms with E-state index in [1.165, 1.54) is 12.1 Å². The van der Waals surface area contributed by atoms with Crippen LogP contribution in [0.3, 0.4) is 0 Å². The molecule has 0 spiro atoms. The Hall–Kier alpha value is -1.10. The highest BCUT2D eigenvalue weighted by Crippen LogP contribution is 2.31. The molecule has 112 valence electrons. The molecule has 2 aromatic carbocycles. The molecule has 0 amide bonds. The van der Waals surface area contributed by atoms with Gasteiger partial charge in [-0.1, -0.05) is 33.6 Å². The maximum absolute atomic E-state index is 13.1. The molecular formula is C16H16BrClFNO. The first kappa shape index (κ1) is 16.3. The highest BCUT2D eigenvalue weighted by molar-refractivity contribution is 9.10. The Labute approximate surface area is 137 Å². The topological polar surface area (TPSA) is 21.3 Å². The van der Waals surface area contributed by atoms with Gasteiger partial charge in [-0.05, 0) is 54.9 Å². The molecule has 0 fully saturated rings. The Balaban J connectivity index is 2.31. The summed E-state index contributed by atoms with van der Waals surface area (Å²) in [6, 6.07) is 10.3. The average molecular weight is 373 g/mol. The Morgan fingerprint density at radius 3 is 2.67 bits per heavy atom. The van der Waals surface area contributed by atoms with Crippen LogP contribution in [0.2, 0.25) is 5.02 Å². The van der Waals surface area contributed by atoms with E-state index < -0.39 is 0 Å². The smallest absolute Gasteiger partial charge is 0.124 e. The van der Waals surface area contributed by atoms with Gasteiger partial charge in [0.1, 0.15) is 11.6 Å². The number of benzene rings is 2.